The Bertz CT molecular complexity index is 352. The first kappa shape index (κ1) is 16.1. The lowest BCUT2D eigenvalue weighted by Gasteiger charge is -2.20. The van der Waals surface area contributed by atoms with Crippen molar-refractivity contribution in [2.24, 2.45) is 0 Å². The number of aromatic nitrogens is 1. The molecule has 1 aromatic heterocycles. The van der Waals surface area contributed by atoms with Crippen LogP contribution in [-0.2, 0) is 4.79 Å². The molecule has 19 heavy (non-hydrogen) atoms. The van der Waals surface area contributed by atoms with Gasteiger partial charge < -0.3 is 10.2 Å². The number of nitrogens with one attached hydrogen (secondary N) is 1. The number of rotatable bonds is 9. The molecule has 0 bridgehead atoms. The molecule has 0 aliphatic carbocycles. The predicted molar refractivity (Wildman–Crippen MR) is 81.6 cm³/mol. The fourth-order valence-electron chi connectivity index (χ4n) is 1.73. The molecule has 1 amide bonds. The summed E-state index contributed by atoms with van der Waals surface area (Å²) in [6, 6.07) is 0.615. The number of carbonyl (C=O) groups excluding carboxylic acids is 1. The normalized spacial score (nSPS) is 11.2. The lowest BCUT2D eigenvalue weighted by Crippen LogP contribution is -2.27. The van der Waals surface area contributed by atoms with Crippen LogP contribution in [0.5, 0.6) is 0 Å². The van der Waals surface area contributed by atoms with Crippen molar-refractivity contribution in [3.8, 4) is 0 Å². The van der Waals surface area contributed by atoms with Crippen LogP contribution < -0.4 is 5.32 Å². The number of carbonyl (C=O) groups is 1. The highest BCUT2D eigenvalue weighted by Crippen LogP contribution is 2.11. The van der Waals surface area contributed by atoms with E-state index >= 15 is 0 Å². The standard InChI is InChI=1S/C14H25N3OS/c1-12(2)17(3)10-7-5-4-6-8-13(18)16-14-15-9-11-19-14/h9,11-12H,4-8,10H2,1-3H3,(H,15,16,18). The zero-order valence-electron chi connectivity index (χ0n) is 12.2. The van der Waals surface area contributed by atoms with E-state index in [0.717, 1.165) is 19.4 Å². The van der Waals surface area contributed by atoms with E-state index in [4.69, 9.17) is 0 Å². The Morgan fingerprint density at radius 2 is 2.11 bits per heavy atom. The number of hydrogen-bond donors (Lipinski definition) is 1. The molecule has 0 spiro atoms. The van der Waals surface area contributed by atoms with Gasteiger partial charge in [-0.1, -0.05) is 12.8 Å². The third-order valence-corrected chi connectivity index (χ3v) is 3.91. The maximum absolute atomic E-state index is 11.6. The van der Waals surface area contributed by atoms with Crippen molar-refractivity contribution in [1.29, 1.82) is 0 Å². The molecule has 1 N–H and O–H groups in total. The number of thiazole rings is 1. The second-order valence-corrected chi connectivity index (χ2v) is 6.02. The summed E-state index contributed by atoms with van der Waals surface area (Å²) in [7, 11) is 2.16. The van der Waals surface area contributed by atoms with E-state index in [-0.39, 0.29) is 5.91 Å². The van der Waals surface area contributed by atoms with Crippen LogP contribution in [0.3, 0.4) is 0 Å². The highest BCUT2D eigenvalue weighted by atomic mass is 32.1. The summed E-state index contributed by atoms with van der Waals surface area (Å²) in [5, 5.41) is 5.37. The molecule has 0 saturated heterocycles. The quantitative estimate of drug-likeness (QED) is 0.707. The molecule has 108 valence electrons. The van der Waals surface area contributed by atoms with Gasteiger partial charge in [0.05, 0.1) is 0 Å². The van der Waals surface area contributed by atoms with Crippen molar-refractivity contribution < 1.29 is 4.79 Å². The van der Waals surface area contributed by atoms with Gasteiger partial charge in [0.25, 0.3) is 0 Å². The first-order valence-electron chi connectivity index (χ1n) is 6.99. The van der Waals surface area contributed by atoms with Crippen LogP contribution in [0.4, 0.5) is 5.13 Å². The minimum atomic E-state index is 0.0780. The Labute approximate surface area is 120 Å². The molecule has 4 nitrogen and oxygen atoms in total. The van der Waals surface area contributed by atoms with Gasteiger partial charge in [-0.25, -0.2) is 4.98 Å². The van der Waals surface area contributed by atoms with Crippen LogP contribution >= 0.6 is 11.3 Å². The second-order valence-electron chi connectivity index (χ2n) is 5.12. The zero-order chi connectivity index (χ0) is 14.1. The van der Waals surface area contributed by atoms with Gasteiger partial charge in [-0.05, 0) is 40.3 Å². The number of unbranched alkanes of at least 4 members (excludes halogenated alkanes) is 3. The minimum Gasteiger partial charge on any atom is -0.304 e. The SMILES string of the molecule is CC(C)N(C)CCCCCCC(=O)Nc1nccs1. The van der Waals surface area contributed by atoms with Gasteiger partial charge in [0.2, 0.25) is 5.91 Å². The molecule has 1 aromatic rings. The number of amides is 1. The number of hydrogen-bond acceptors (Lipinski definition) is 4. The Morgan fingerprint density at radius 3 is 2.74 bits per heavy atom. The highest BCUT2D eigenvalue weighted by molar-refractivity contribution is 7.13. The van der Waals surface area contributed by atoms with Crippen LogP contribution in [0.1, 0.15) is 46.0 Å². The summed E-state index contributed by atoms with van der Waals surface area (Å²) < 4.78 is 0. The van der Waals surface area contributed by atoms with Crippen LogP contribution in [0.25, 0.3) is 0 Å². The van der Waals surface area contributed by atoms with Crippen molar-refractivity contribution in [2.75, 3.05) is 18.9 Å². The summed E-state index contributed by atoms with van der Waals surface area (Å²) in [5.41, 5.74) is 0. The minimum absolute atomic E-state index is 0.0780. The summed E-state index contributed by atoms with van der Waals surface area (Å²) >= 11 is 1.46. The maximum atomic E-state index is 11.6. The van der Waals surface area contributed by atoms with Crippen LogP contribution in [-0.4, -0.2) is 35.4 Å². The summed E-state index contributed by atoms with van der Waals surface area (Å²) in [6.45, 7) is 5.56. The van der Waals surface area contributed by atoms with Crippen molar-refractivity contribution >= 4 is 22.4 Å². The third kappa shape index (κ3) is 7.28. The van der Waals surface area contributed by atoms with Crippen LogP contribution in [0, 0.1) is 0 Å². The molecular weight excluding hydrogens is 258 g/mol. The average molecular weight is 283 g/mol. The molecule has 0 aliphatic heterocycles. The van der Waals surface area contributed by atoms with Gasteiger partial charge in [-0.2, -0.15) is 0 Å². The van der Waals surface area contributed by atoms with E-state index in [1.807, 2.05) is 5.38 Å². The molecule has 0 radical (unpaired) electrons. The van der Waals surface area contributed by atoms with E-state index < -0.39 is 0 Å². The monoisotopic (exact) mass is 283 g/mol. The third-order valence-electron chi connectivity index (χ3n) is 3.22. The van der Waals surface area contributed by atoms with E-state index in [2.05, 4.69) is 36.1 Å². The van der Waals surface area contributed by atoms with Gasteiger partial charge >= 0.3 is 0 Å². The zero-order valence-corrected chi connectivity index (χ0v) is 13.0. The molecule has 0 saturated carbocycles. The average Bonchev–Trinajstić information content (AvgIpc) is 2.85. The molecule has 5 heteroatoms. The second kappa shape index (κ2) is 9.04. The van der Waals surface area contributed by atoms with Crippen molar-refractivity contribution in [3.05, 3.63) is 11.6 Å². The van der Waals surface area contributed by atoms with Crippen molar-refractivity contribution in [2.45, 2.75) is 52.0 Å². The van der Waals surface area contributed by atoms with E-state index in [0.29, 0.717) is 17.6 Å². The Kier molecular flexibility index (Phi) is 7.67. The van der Waals surface area contributed by atoms with Gasteiger partial charge in [0, 0.05) is 24.0 Å². The number of nitrogens with zero attached hydrogens (tertiary/aromatic N) is 2. The predicted octanol–water partition coefficient (Wildman–Crippen LogP) is 3.37. The van der Waals surface area contributed by atoms with Crippen LogP contribution in [0.15, 0.2) is 11.6 Å². The molecule has 0 aromatic carbocycles. The molecule has 1 heterocycles. The van der Waals surface area contributed by atoms with E-state index in [1.54, 1.807) is 6.20 Å². The molecular formula is C14H25N3OS. The maximum Gasteiger partial charge on any atom is 0.226 e. The number of anilines is 1. The molecule has 0 fully saturated rings. The lowest BCUT2D eigenvalue weighted by molar-refractivity contribution is -0.116. The first-order chi connectivity index (χ1) is 9.09. The van der Waals surface area contributed by atoms with Gasteiger partial charge in [-0.15, -0.1) is 11.3 Å². The van der Waals surface area contributed by atoms with Gasteiger partial charge in [0.15, 0.2) is 5.13 Å². The smallest absolute Gasteiger partial charge is 0.226 e. The van der Waals surface area contributed by atoms with E-state index in [1.165, 1.54) is 24.2 Å². The molecule has 1 rings (SSSR count). The Morgan fingerprint density at radius 1 is 1.37 bits per heavy atom. The van der Waals surface area contributed by atoms with E-state index in [9.17, 15) is 4.79 Å². The van der Waals surface area contributed by atoms with Gasteiger partial charge in [-0.3, -0.25) is 4.79 Å². The summed E-state index contributed by atoms with van der Waals surface area (Å²) in [6.07, 6.45) is 6.79. The Hall–Kier alpha value is -0.940. The fraction of sp³-hybridized carbons (Fsp3) is 0.714. The van der Waals surface area contributed by atoms with Crippen LogP contribution in [0.2, 0.25) is 0 Å². The lowest BCUT2D eigenvalue weighted by atomic mass is 10.1. The fourth-order valence-corrected chi connectivity index (χ4v) is 2.27. The molecule has 0 unspecified atom stereocenters. The van der Waals surface area contributed by atoms with Crippen molar-refractivity contribution in [1.82, 2.24) is 9.88 Å². The first-order valence-corrected chi connectivity index (χ1v) is 7.87. The molecule has 0 atom stereocenters. The topological polar surface area (TPSA) is 45.2 Å². The summed E-state index contributed by atoms with van der Waals surface area (Å²) in [4.78, 5) is 18.0. The van der Waals surface area contributed by atoms with Gasteiger partial charge in [0.1, 0.15) is 0 Å². The van der Waals surface area contributed by atoms with Crippen molar-refractivity contribution in [3.63, 3.8) is 0 Å². The summed E-state index contributed by atoms with van der Waals surface area (Å²) in [5.74, 6) is 0.0780. The highest BCUT2D eigenvalue weighted by Gasteiger charge is 2.04. The Balaban J connectivity index is 1.97. The molecule has 0 aliphatic rings. The largest absolute Gasteiger partial charge is 0.304 e.